The van der Waals surface area contributed by atoms with E-state index in [9.17, 15) is 4.79 Å². The predicted molar refractivity (Wildman–Crippen MR) is 92.4 cm³/mol. The van der Waals surface area contributed by atoms with Crippen molar-refractivity contribution in [2.24, 2.45) is 5.41 Å². The fraction of sp³-hybridized carbons (Fsp3) is 0.632. The number of amides is 1. The first-order valence-electron chi connectivity index (χ1n) is 7.91. The molecule has 0 saturated heterocycles. The maximum absolute atomic E-state index is 12.2. The summed E-state index contributed by atoms with van der Waals surface area (Å²) in [4.78, 5) is 12.2. The minimum atomic E-state index is -0.240. The number of nitrogens with one attached hydrogen (secondary N) is 1. The first kappa shape index (κ1) is 18.5. The Labute approximate surface area is 135 Å². The summed E-state index contributed by atoms with van der Waals surface area (Å²) in [7, 11) is 0. The molecule has 1 aromatic rings. The molecule has 0 spiro atoms. The van der Waals surface area contributed by atoms with Crippen LogP contribution in [-0.4, -0.2) is 18.1 Å². The monoisotopic (exact) mass is 305 g/mol. The number of benzene rings is 1. The van der Waals surface area contributed by atoms with E-state index in [2.05, 4.69) is 52.9 Å². The van der Waals surface area contributed by atoms with Gasteiger partial charge in [0.25, 0.3) is 5.91 Å². The van der Waals surface area contributed by atoms with Crippen LogP contribution >= 0.6 is 0 Å². The summed E-state index contributed by atoms with van der Waals surface area (Å²) in [5.74, 6) is 0.717. The molecule has 0 saturated carbocycles. The number of carbonyl (C=O) groups is 1. The van der Waals surface area contributed by atoms with E-state index in [4.69, 9.17) is 4.74 Å². The van der Waals surface area contributed by atoms with Crippen molar-refractivity contribution in [2.45, 2.75) is 67.3 Å². The van der Waals surface area contributed by atoms with Crippen LogP contribution in [0.15, 0.2) is 12.1 Å². The average molecular weight is 305 g/mol. The summed E-state index contributed by atoms with van der Waals surface area (Å²) in [6.45, 7) is 16.8. The topological polar surface area (TPSA) is 38.3 Å². The Morgan fingerprint density at radius 3 is 2.23 bits per heavy atom. The Hall–Kier alpha value is -1.51. The van der Waals surface area contributed by atoms with Crippen molar-refractivity contribution in [2.75, 3.05) is 6.61 Å². The van der Waals surface area contributed by atoms with Crippen LogP contribution in [0, 0.1) is 26.2 Å². The third-order valence-corrected chi connectivity index (χ3v) is 3.57. The molecule has 124 valence electrons. The van der Waals surface area contributed by atoms with Crippen LogP contribution < -0.4 is 10.1 Å². The molecule has 0 aromatic heterocycles. The van der Waals surface area contributed by atoms with Crippen molar-refractivity contribution in [1.82, 2.24) is 5.32 Å². The number of ether oxygens (including phenoxy) is 1. The van der Waals surface area contributed by atoms with Crippen molar-refractivity contribution in [3.63, 3.8) is 0 Å². The molecule has 22 heavy (non-hydrogen) atoms. The minimum absolute atomic E-state index is 0.0529. The van der Waals surface area contributed by atoms with Gasteiger partial charge in [-0.3, -0.25) is 4.79 Å². The normalized spacial score (nSPS) is 12.2. The van der Waals surface area contributed by atoms with Gasteiger partial charge in [0.2, 0.25) is 0 Å². The lowest BCUT2D eigenvalue weighted by atomic mass is 9.82. The second-order valence-electron chi connectivity index (χ2n) is 8.16. The number of hydrogen-bond donors (Lipinski definition) is 1. The molecule has 0 aliphatic carbocycles. The van der Waals surface area contributed by atoms with Gasteiger partial charge >= 0.3 is 0 Å². The summed E-state index contributed by atoms with van der Waals surface area (Å²) < 4.78 is 5.72. The van der Waals surface area contributed by atoms with Gasteiger partial charge in [-0.1, -0.05) is 26.8 Å². The molecule has 1 rings (SSSR count). The van der Waals surface area contributed by atoms with Crippen LogP contribution in [0.25, 0.3) is 0 Å². The minimum Gasteiger partial charge on any atom is -0.483 e. The molecule has 1 N–H and O–H groups in total. The molecule has 1 amide bonds. The van der Waals surface area contributed by atoms with E-state index in [1.54, 1.807) is 0 Å². The zero-order valence-corrected chi connectivity index (χ0v) is 15.4. The Morgan fingerprint density at radius 1 is 1.09 bits per heavy atom. The van der Waals surface area contributed by atoms with E-state index in [1.807, 2.05) is 19.9 Å². The summed E-state index contributed by atoms with van der Waals surface area (Å²) in [5, 5.41) is 3.07. The van der Waals surface area contributed by atoms with Crippen molar-refractivity contribution >= 4 is 5.91 Å². The van der Waals surface area contributed by atoms with Gasteiger partial charge < -0.3 is 10.1 Å². The van der Waals surface area contributed by atoms with Crippen LogP contribution in [0.2, 0.25) is 0 Å². The Balaban J connectivity index is 2.64. The Bertz CT molecular complexity index is 539. The molecule has 3 heteroatoms. The van der Waals surface area contributed by atoms with E-state index < -0.39 is 0 Å². The molecular weight excluding hydrogens is 274 g/mol. The first-order valence-corrected chi connectivity index (χ1v) is 7.91. The summed E-state index contributed by atoms with van der Waals surface area (Å²) in [6, 6.07) is 4.10. The first-order chi connectivity index (χ1) is 9.89. The Morgan fingerprint density at radius 2 is 1.68 bits per heavy atom. The molecule has 0 heterocycles. The van der Waals surface area contributed by atoms with Crippen LogP contribution in [-0.2, 0) is 4.79 Å². The average Bonchev–Trinajstić information content (AvgIpc) is 2.27. The SMILES string of the molecule is Cc1cc(C)c(C)c(OCC(=O)NC(C)(C)CC(C)(C)C)c1. The molecule has 0 atom stereocenters. The van der Waals surface area contributed by atoms with Crippen molar-refractivity contribution in [3.05, 3.63) is 28.8 Å². The van der Waals surface area contributed by atoms with Gasteiger partial charge in [-0.2, -0.15) is 0 Å². The van der Waals surface area contributed by atoms with E-state index >= 15 is 0 Å². The maximum Gasteiger partial charge on any atom is 0.258 e. The summed E-state index contributed by atoms with van der Waals surface area (Å²) >= 11 is 0. The van der Waals surface area contributed by atoms with Crippen LogP contribution in [0.4, 0.5) is 0 Å². The van der Waals surface area contributed by atoms with Crippen LogP contribution in [0.1, 0.15) is 57.7 Å². The lowest BCUT2D eigenvalue weighted by Crippen LogP contribution is -2.47. The Kier molecular flexibility index (Phi) is 5.66. The van der Waals surface area contributed by atoms with Gasteiger partial charge in [-0.05, 0) is 69.2 Å². The van der Waals surface area contributed by atoms with Gasteiger partial charge in [0.05, 0.1) is 0 Å². The van der Waals surface area contributed by atoms with E-state index in [-0.39, 0.29) is 23.5 Å². The number of aryl methyl sites for hydroxylation is 2. The highest BCUT2D eigenvalue weighted by atomic mass is 16.5. The molecule has 0 fully saturated rings. The molecule has 0 aliphatic heterocycles. The van der Waals surface area contributed by atoms with E-state index in [0.717, 1.165) is 23.3 Å². The molecule has 0 aliphatic rings. The lowest BCUT2D eigenvalue weighted by molar-refractivity contribution is -0.125. The standard InChI is InChI=1S/C19H31NO2/c1-13-9-14(2)15(3)16(10-13)22-11-17(21)20-19(7,8)12-18(4,5)6/h9-10H,11-12H2,1-8H3,(H,20,21). The summed E-state index contributed by atoms with van der Waals surface area (Å²) in [5.41, 5.74) is 3.35. The number of carbonyl (C=O) groups excluding carboxylic acids is 1. The zero-order valence-electron chi connectivity index (χ0n) is 15.4. The predicted octanol–water partition coefficient (Wildman–Crippen LogP) is 4.32. The number of rotatable bonds is 5. The highest BCUT2D eigenvalue weighted by Crippen LogP contribution is 2.27. The fourth-order valence-corrected chi connectivity index (χ4v) is 3.08. The van der Waals surface area contributed by atoms with Crippen LogP contribution in [0.5, 0.6) is 5.75 Å². The highest BCUT2D eigenvalue weighted by Gasteiger charge is 2.27. The van der Waals surface area contributed by atoms with Crippen LogP contribution in [0.3, 0.4) is 0 Å². The van der Waals surface area contributed by atoms with E-state index in [0.29, 0.717) is 0 Å². The van der Waals surface area contributed by atoms with E-state index in [1.165, 1.54) is 5.56 Å². The van der Waals surface area contributed by atoms with Gasteiger partial charge in [0, 0.05) is 5.54 Å². The quantitative estimate of drug-likeness (QED) is 0.879. The fourth-order valence-electron chi connectivity index (χ4n) is 3.08. The third kappa shape index (κ3) is 6.08. The lowest BCUT2D eigenvalue weighted by Gasteiger charge is -2.33. The molecular formula is C19H31NO2. The molecule has 0 radical (unpaired) electrons. The van der Waals surface area contributed by atoms with Crippen molar-refractivity contribution in [1.29, 1.82) is 0 Å². The molecule has 0 unspecified atom stereocenters. The van der Waals surface area contributed by atoms with Gasteiger partial charge in [0.1, 0.15) is 5.75 Å². The maximum atomic E-state index is 12.2. The van der Waals surface area contributed by atoms with Crippen molar-refractivity contribution < 1.29 is 9.53 Å². The molecule has 3 nitrogen and oxygen atoms in total. The molecule has 0 bridgehead atoms. The van der Waals surface area contributed by atoms with Gasteiger partial charge in [-0.25, -0.2) is 0 Å². The summed E-state index contributed by atoms with van der Waals surface area (Å²) in [6.07, 6.45) is 0.911. The largest absolute Gasteiger partial charge is 0.483 e. The third-order valence-electron chi connectivity index (χ3n) is 3.57. The molecule has 1 aromatic carbocycles. The second-order valence-corrected chi connectivity index (χ2v) is 8.16. The zero-order chi connectivity index (χ0) is 17.1. The van der Waals surface area contributed by atoms with Crippen molar-refractivity contribution in [3.8, 4) is 5.75 Å². The van der Waals surface area contributed by atoms with Gasteiger partial charge in [0.15, 0.2) is 6.61 Å². The highest BCUT2D eigenvalue weighted by molar-refractivity contribution is 5.78. The smallest absolute Gasteiger partial charge is 0.258 e. The number of hydrogen-bond acceptors (Lipinski definition) is 2. The second kappa shape index (κ2) is 6.72. The van der Waals surface area contributed by atoms with Gasteiger partial charge in [-0.15, -0.1) is 0 Å².